The van der Waals surface area contributed by atoms with Crippen LogP contribution in [0.5, 0.6) is 11.5 Å². The molecule has 0 bridgehead atoms. The lowest BCUT2D eigenvalue weighted by Crippen LogP contribution is -1.98. The second-order valence-corrected chi connectivity index (χ2v) is 9.04. The van der Waals surface area contributed by atoms with E-state index < -0.39 is 11.6 Å². The summed E-state index contributed by atoms with van der Waals surface area (Å²) in [6.45, 7) is 4.02. The molecule has 0 aliphatic heterocycles. The predicted octanol–water partition coefficient (Wildman–Crippen LogP) is 9.08. The van der Waals surface area contributed by atoms with Gasteiger partial charge in [0.2, 0.25) is 0 Å². The van der Waals surface area contributed by atoms with Gasteiger partial charge in [0.15, 0.2) is 0 Å². The molecule has 0 fully saturated rings. The van der Waals surface area contributed by atoms with Gasteiger partial charge in [-0.05, 0) is 82.6 Å². The fourth-order valence-electron chi connectivity index (χ4n) is 4.64. The Morgan fingerprint density at radius 2 is 0.972 bits per heavy atom. The quantitative estimate of drug-likeness (QED) is 0.223. The minimum Gasteiger partial charge on any atom is -0.496 e. The summed E-state index contributed by atoms with van der Waals surface area (Å²) in [5, 5.41) is 0. The standard InChI is InChI=1S/C30H26Cl2F2O2/c1-17-21(19-11-27(33)25(15-31)29(13-19)35-3)7-5-9-23(17)24-10-6-8-22(18(24)2)20-12-28(34)26(16-32)30(14-20)36-4/h5-14H,15-16H2,1-4H3. The van der Waals surface area contributed by atoms with E-state index in [1.807, 2.05) is 62.4 Å². The van der Waals surface area contributed by atoms with Crippen molar-refractivity contribution in [1.82, 2.24) is 0 Å². The average Bonchev–Trinajstić information content (AvgIpc) is 2.88. The third-order valence-electron chi connectivity index (χ3n) is 6.60. The number of rotatable bonds is 7. The smallest absolute Gasteiger partial charge is 0.131 e. The van der Waals surface area contributed by atoms with Crippen molar-refractivity contribution in [3.63, 3.8) is 0 Å². The molecular weight excluding hydrogens is 501 g/mol. The molecule has 0 unspecified atom stereocenters. The number of halogens is 4. The summed E-state index contributed by atoms with van der Waals surface area (Å²) in [5.74, 6) is 0.0748. The van der Waals surface area contributed by atoms with Gasteiger partial charge in [-0.15, -0.1) is 23.2 Å². The highest BCUT2D eigenvalue weighted by Gasteiger charge is 2.18. The van der Waals surface area contributed by atoms with E-state index in [4.69, 9.17) is 32.7 Å². The van der Waals surface area contributed by atoms with Crippen molar-refractivity contribution >= 4 is 23.2 Å². The van der Waals surface area contributed by atoms with Crippen LogP contribution in [0.3, 0.4) is 0 Å². The van der Waals surface area contributed by atoms with Crippen molar-refractivity contribution in [3.05, 3.63) is 94.6 Å². The van der Waals surface area contributed by atoms with Gasteiger partial charge in [-0.1, -0.05) is 36.4 Å². The molecule has 0 radical (unpaired) electrons. The zero-order valence-corrected chi connectivity index (χ0v) is 22.0. The third kappa shape index (κ3) is 4.68. The minimum absolute atomic E-state index is 0.0253. The average molecular weight is 527 g/mol. The first-order valence-corrected chi connectivity index (χ1v) is 12.5. The van der Waals surface area contributed by atoms with Gasteiger partial charge in [-0.3, -0.25) is 0 Å². The molecule has 0 aliphatic rings. The maximum atomic E-state index is 14.8. The Morgan fingerprint density at radius 3 is 1.31 bits per heavy atom. The predicted molar refractivity (Wildman–Crippen MR) is 144 cm³/mol. The maximum absolute atomic E-state index is 14.8. The van der Waals surface area contributed by atoms with Crippen LogP contribution >= 0.6 is 23.2 Å². The van der Waals surface area contributed by atoms with E-state index >= 15 is 0 Å². The molecule has 0 atom stereocenters. The van der Waals surface area contributed by atoms with Gasteiger partial charge in [0.25, 0.3) is 0 Å². The minimum atomic E-state index is -0.404. The second-order valence-electron chi connectivity index (χ2n) is 8.50. The number of hydrogen-bond acceptors (Lipinski definition) is 2. The van der Waals surface area contributed by atoms with Crippen LogP contribution < -0.4 is 9.47 Å². The Bertz CT molecular complexity index is 1320. The molecule has 4 aromatic carbocycles. The largest absolute Gasteiger partial charge is 0.496 e. The molecule has 0 spiro atoms. The summed E-state index contributed by atoms with van der Waals surface area (Å²) in [6.07, 6.45) is 0. The number of ether oxygens (including phenoxy) is 2. The molecule has 0 amide bonds. The van der Waals surface area contributed by atoms with Crippen molar-refractivity contribution in [2.75, 3.05) is 14.2 Å². The molecule has 2 nitrogen and oxygen atoms in total. The van der Waals surface area contributed by atoms with Crippen LogP contribution in [0.15, 0.2) is 60.7 Å². The SMILES string of the molecule is COc1cc(-c2cccc(-c3cccc(-c4cc(F)c(CCl)c(OC)c4)c3C)c2C)cc(F)c1CCl. The van der Waals surface area contributed by atoms with Crippen LogP contribution in [-0.4, -0.2) is 14.2 Å². The van der Waals surface area contributed by atoms with E-state index in [0.29, 0.717) is 33.8 Å². The number of benzene rings is 4. The van der Waals surface area contributed by atoms with E-state index in [-0.39, 0.29) is 11.8 Å². The molecule has 0 saturated carbocycles. The molecule has 4 aromatic rings. The first kappa shape index (κ1) is 26.0. The summed E-state index contributed by atoms with van der Waals surface area (Å²) in [7, 11) is 3.01. The van der Waals surface area contributed by atoms with E-state index in [9.17, 15) is 8.78 Å². The van der Waals surface area contributed by atoms with Crippen molar-refractivity contribution in [3.8, 4) is 44.9 Å². The third-order valence-corrected chi connectivity index (χ3v) is 7.13. The van der Waals surface area contributed by atoms with Gasteiger partial charge in [0, 0.05) is 11.1 Å². The van der Waals surface area contributed by atoms with Gasteiger partial charge < -0.3 is 9.47 Å². The molecule has 0 saturated heterocycles. The number of alkyl halides is 2. The molecule has 186 valence electrons. The summed E-state index contributed by atoms with van der Waals surface area (Å²) in [5.41, 5.74) is 7.81. The van der Waals surface area contributed by atoms with E-state index in [1.54, 1.807) is 0 Å². The monoisotopic (exact) mass is 526 g/mol. The molecule has 0 heterocycles. The van der Waals surface area contributed by atoms with Crippen molar-refractivity contribution < 1.29 is 18.3 Å². The molecule has 4 rings (SSSR count). The maximum Gasteiger partial charge on any atom is 0.131 e. The fourth-order valence-corrected chi connectivity index (χ4v) is 5.16. The van der Waals surface area contributed by atoms with Crippen molar-refractivity contribution in [2.45, 2.75) is 25.6 Å². The zero-order chi connectivity index (χ0) is 26.0. The normalized spacial score (nSPS) is 11.0. The van der Waals surface area contributed by atoms with E-state index in [2.05, 4.69) is 0 Å². The fraction of sp³-hybridized carbons (Fsp3) is 0.200. The van der Waals surface area contributed by atoms with Gasteiger partial charge in [-0.2, -0.15) is 0 Å². The Kier molecular flexibility index (Phi) is 7.87. The number of hydrogen-bond donors (Lipinski definition) is 0. The van der Waals surface area contributed by atoms with Crippen molar-refractivity contribution in [2.24, 2.45) is 0 Å². The Hall–Kier alpha value is -3.08. The van der Waals surface area contributed by atoms with Crippen LogP contribution in [0.2, 0.25) is 0 Å². The van der Waals surface area contributed by atoms with E-state index in [0.717, 1.165) is 33.4 Å². The van der Waals surface area contributed by atoms with Gasteiger partial charge >= 0.3 is 0 Å². The molecule has 36 heavy (non-hydrogen) atoms. The first-order valence-electron chi connectivity index (χ1n) is 11.4. The Balaban J connectivity index is 1.86. The molecular formula is C30H26Cl2F2O2. The van der Waals surface area contributed by atoms with Gasteiger partial charge in [0.05, 0.1) is 26.0 Å². The highest BCUT2D eigenvalue weighted by atomic mass is 35.5. The Labute approximate surface area is 220 Å². The summed E-state index contributed by atoms with van der Waals surface area (Å²) >= 11 is 11.8. The zero-order valence-electron chi connectivity index (χ0n) is 20.5. The number of methoxy groups -OCH3 is 2. The molecule has 0 N–H and O–H groups in total. The lowest BCUT2D eigenvalue weighted by molar-refractivity contribution is 0.406. The summed E-state index contributed by atoms with van der Waals surface area (Å²) in [4.78, 5) is 0. The molecule has 0 aliphatic carbocycles. The molecule has 0 aromatic heterocycles. The topological polar surface area (TPSA) is 18.5 Å². The lowest BCUT2D eigenvalue weighted by Gasteiger charge is -2.18. The van der Waals surface area contributed by atoms with Crippen LogP contribution in [0.25, 0.3) is 33.4 Å². The molecule has 6 heteroatoms. The van der Waals surface area contributed by atoms with Crippen LogP contribution in [0, 0.1) is 25.5 Å². The lowest BCUT2D eigenvalue weighted by atomic mass is 9.87. The summed E-state index contributed by atoms with van der Waals surface area (Å²) in [6, 6.07) is 18.5. The highest BCUT2D eigenvalue weighted by molar-refractivity contribution is 6.17. The van der Waals surface area contributed by atoms with Crippen LogP contribution in [0.4, 0.5) is 8.78 Å². The van der Waals surface area contributed by atoms with Crippen LogP contribution in [0.1, 0.15) is 22.3 Å². The van der Waals surface area contributed by atoms with Crippen molar-refractivity contribution in [1.29, 1.82) is 0 Å². The first-order chi connectivity index (χ1) is 17.3. The van der Waals surface area contributed by atoms with E-state index in [1.165, 1.54) is 26.4 Å². The van der Waals surface area contributed by atoms with Gasteiger partial charge in [-0.25, -0.2) is 8.78 Å². The summed E-state index contributed by atoms with van der Waals surface area (Å²) < 4.78 is 40.3. The highest BCUT2D eigenvalue weighted by Crippen LogP contribution is 2.40. The second kappa shape index (κ2) is 10.9. The Morgan fingerprint density at radius 1 is 0.611 bits per heavy atom. The van der Waals surface area contributed by atoms with Gasteiger partial charge in [0.1, 0.15) is 23.1 Å². The van der Waals surface area contributed by atoms with Crippen LogP contribution in [-0.2, 0) is 11.8 Å².